The Morgan fingerprint density at radius 3 is 2.50 bits per heavy atom. The Hall–Kier alpha value is -5.63. The number of hydrogen-bond acceptors (Lipinski definition) is 9. The van der Waals surface area contributed by atoms with Crippen LogP contribution in [-0.4, -0.2) is 72.9 Å². The number of aromatic amines is 1. The number of sulfonamides is 1. The zero-order valence-electron chi connectivity index (χ0n) is 27.5. The van der Waals surface area contributed by atoms with Gasteiger partial charge in [-0.1, -0.05) is 61.0 Å². The highest BCUT2D eigenvalue weighted by Crippen LogP contribution is 2.33. The topological polar surface area (TPSA) is 173 Å². The molecule has 260 valence electrons. The van der Waals surface area contributed by atoms with Gasteiger partial charge in [0, 0.05) is 54.2 Å². The molecule has 1 aliphatic rings. The first-order valence-electron chi connectivity index (χ1n) is 16.2. The maximum absolute atomic E-state index is 14.3. The van der Waals surface area contributed by atoms with Gasteiger partial charge in [-0.05, 0) is 41.8 Å². The van der Waals surface area contributed by atoms with E-state index in [0.29, 0.717) is 35.7 Å². The van der Waals surface area contributed by atoms with Crippen molar-refractivity contribution in [2.75, 3.05) is 19.6 Å². The number of benzene rings is 3. The Balaban J connectivity index is 1.30. The summed E-state index contributed by atoms with van der Waals surface area (Å²) in [7, 11) is -2.46. The predicted molar refractivity (Wildman–Crippen MR) is 185 cm³/mol. The van der Waals surface area contributed by atoms with Gasteiger partial charge in [0.2, 0.25) is 22.7 Å². The quantitative estimate of drug-likeness (QED) is 0.154. The maximum atomic E-state index is 14.3. The number of para-hydroxylation sites is 1. The van der Waals surface area contributed by atoms with E-state index in [9.17, 15) is 22.8 Å². The molecular formula is C36H37N5O8S. The van der Waals surface area contributed by atoms with E-state index in [4.69, 9.17) is 14.0 Å². The summed E-state index contributed by atoms with van der Waals surface area (Å²) >= 11 is 0. The van der Waals surface area contributed by atoms with Gasteiger partial charge in [0.25, 0.3) is 11.8 Å². The molecule has 0 unspecified atom stereocenters. The number of hydrogen-bond donors (Lipinski definition) is 3. The number of carbonyl (C=O) groups excluding carboxylic acids is 3. The highest BCUT2D eigenvalue weighted by atomic mass is 32.2. The monoisotopic (exact) mass is 699 g/mol. The predicted octanol–water partition coefficient (Wildman–Crippen LogP) is 4.21. The lowest BCUT2D eigenvalue weighted by molar-refractivity contribution is -0.130. The van der Waals surface area contributed by atoms with Crippen LogP contribution >= 0.6 is 0 Å². The van der Waals surface area contributed by atoms with E-state index in [1.807, 2.05) is 55.5 Å². The van der Waals surface area contributed by atoms with Crippen LogP contribution in [-0.2, 0) is 32.5 Å². The lowest BCUT2D eigenvalue weighted by Crippen LogP contribution is -2.56. The number of carbonyl (C=O) groups is 3. The highest BCUT2D eigenvalue weighted by Gasteiger charge is 2.33. The van der Waals surface area contributed by atoms with Gasteiger partial charge in [0.05, 0.1) is 11.9 Å². The van der Waals surface area contributed by atoms with Crippen LogP contribution in [0, 0.1) is 0 Å². The van der Waals surface area contributed by atoms with Crippen LogP contribution < -0.4 is 19.5 Å². The molecule has 50 heavy (non-hydrogen) atoms. The Bertz CT molecular complexity index is 2090. The number of rotatable bonds is 14. The third-order valence-corrected chi connectivity index (χ3v) is 9.91. The normalized spacial score (nSPS) is 13.5. The lowest BCUT2D eigenvalue weighted by atomic mass is 9.99. The van der Waals surface area contributed by atoms with Crippen LogP contribution in [0.3, 0.4) is 0 Å². The van der Waals surface area contributed by atoms with E-state index < -0.39 is 39.8 Å². The summed E-state index contributed by atoms with van der Waals surface area (Å²) in [6.07, 6.45) is 4.32. The second-order valence-corrected chi connectivity index (χ2v) is 13.9. The second kappa shape index (κ2) is 14.9. The van der Waals surface area contributed by atoms with Crippen molar-refractivity contribution in [2.24, 2.45) is 0 Å². The molecule has 13 nitrogen and oxygen atoms in total. The van der Waals surface area contributed by atoms with Gasteiger partial charge < -0.3 is 29.2 Å². The molecule has 0 saturated heterocycles. The van der Waals surface area contributed by atoms with Gasteiger partial charge in [-0.3, -0.25) is 19.1 Å². The smallest absolute Gasteiger partial charge is 0.256 e. The number of ether oxygens (including phenoxy) is 2. The third kappa shape index (κ3) is 7.81. The van der Waals surface area contributed by atoms with E-state index in [2.05, 4.69) is 20.2 Å². The molecule has 6 rings (SSSR count). The Morgan fingerprint density at radius 2 is 1.74 bits per heavy atom. The zero-order valence-corrected chi connectivity index (χ0v) is 28.4. The first kappa shape index (κ1) is 34.2. The molecule has 1 aliphatic heterocycles. The number of likely N-dealkylation sites (N-methyl/N-ethyl adjacent to an activating group) is 1. The summed E-state index contributed by atoms with van der Waals surface area (Å²) in [6.45, 7) is 1.88. The summed E-state index contributed by atoms with van der Waals surface area (Å²) in [5, 5.41) is 7.36. The second-order valence-electron chi connectivity index (χ2n) is 12.0. The molecule has 3 amide bonds. The number of nitrogens with zero attached hydrogens (tertiary/aromatic N) is 2. The fraction of sp³-hybridized carbons (Fsp3) is 0.278. The van der Waals surface area contributed by atoms with Crippen molar-refractivity contribution in [1.29, 1.82) is 0 Å². The number of aromatic nitrogens is 2. The molecule has 5 aromatic rings. The van der Waals surface area contributed by atoms with Crippen molar-refractivity contribution in [3.05, 3.63) is 102 Å². The van der Waals surface area contributed by atoms with Crippen LogP contribution in [0.5, 0.6) is 11.5 Å². The molecule has 0 saturated carbocycles. The number of H-pyrrole nitrogens is 1. The van der Waals surface area contributed by atoms with Crippen molar-refractivity contribution < 1.29 is 36.8 Å². The van der Waals surface area contributed by atoms with Crippen LogP contribution in [0.4, 0.5) is 0 Å². The molecule has 0 radical (unpaired) electrons. The molecule has 3 heterocycles. The Morgan fingerprint density at radius 1 is 0.960 bits per heavy atom. The minimum Gasteiger partial charge on any atom is -0.454 e. The third-order valence-electron chi connectivity index (χ3n) is 8.57. The van der Waals surface area contributed by atoms with Crippen LogP contribution in [0.15, 0.2) is 89.7 Å². The van der Waals surface area contributed by atoms with Crippen LogP contribution in [0.25, 0.3) is 22.2 Å². The van der Waals surface area contributed by atoms with Crippen molar-refractivity contribution >= 4 is 38.6 Å². The van der Waals surface area contributed by atoms with Gasteiger partial charge in [0.15, 0.2) is 17.3 Å². The standard InChI is InChI=1S/C36H37N5O8S/c1-3-4-17-50(45,46)40-34(42)29(19-26-21-37-28-8-6-5-7-27(26)28)39-35(43)30(18-23-9-11-24(12-10-23)31-15-16-38-49-31)41(2)36(44)25-13-14-32-33(20-25)48-22-47-32/h5-16,20-21,29-30,37H,3-4,17-19,22H2,1-2H3,(H,39,43)(H,40,42)/t29-,30-/m0/s1. The number of amides is 3. The average molecular weight is 700 g/mol. The molecule has 0 bridgehead atoms. The van der Waals surface area contributed by atoms with Crippen molar-refractivity contribution in [1.82, 2.24) is 25.1 Å². The van der Waals surface area contributed by atoms with Gasteiger partial charge in [0.1, 0.15) is 12.1 Å². The molecule has 0 spiro atoms. The van der Waals surface area contributed by atoms with Crippen molar-refractivity contribution in [2.45, 2.75) is 44.7 Å². The SMILES string of the molecule is CCCCS(=O)(=O)NC(=O)[C@H](Cc1c[nH]c2ccccc12)NC(=O)[C@H](Cc1ccc(-c2ccno2)cc1)N(C)C(=O)c1ccc2c(c1)OCO2. The van der Waals surface area contributed by atoms with E-state index in [1.165, 1.54) is 18.1 Å². The first-order chi connectivity index (χ1) is 24.1. The molecule has 3 N–H and O–H groups in total. The molecule has 2 aromatic heterocycles. The maximum Gasteiger partial charge on any atom is 0.256 e. The highest BCUT2D eigenvalue weighted by molar-refractivity contribution is 7.90. The summed E-state index contributed by atoms with van der Waals surface area (Å²) in [6, 6.07) is 18.8. The fourth-order valence-electron chi connectivity index (χ4n) is 5.78. The average Bonchev–Trinajstić information content (AvgIpc) is 3.91. The van der Waals surface area contributed by atoms with E-state index >= 15 is 0 Å². The van der Waals surface area contributed by atoms with Gasteiger partial charge >= 0.3 is 0 Å². The van der Waals surface area contributed by atoms with Crippen molar-refractivity contribution in [3.8, 4) is 22.8 Å². The first-order valence-corrected chi connectivity index (χ1v) is 17.8. The molecule has 0 aliphatic carbocycles. The van der Waals surface area contributed by atoms with E-state index in [0.717, 1.165) is 22.0 Å². The molecular weight excluding hydrogens is 662 g/mol. The molecule has 0 fully saturated rings. The summed E-state index contributed by atoms with van der Waals surface area (Å²) in [5.74, 6) is -0.741. The van der Waals surface area contributed by atoms with Gasteiger partial charge in [-0.2, -0.15) is 0 Å². The summed E-state index contributed by atoms with van der Waals surface area (Å²) in [5.41, 5.74) is 3.29. The molecule has 3 aromatic carbocycles. The summed E-state index contributed by atoms with van der Waals surface area (Å²) in [4.78, 5) is 46.3. The molecule has 14 heteroatoms. The van der Waals surface area contributed by atoms with Gasteiger partial charge in [-0.15, -0.1) is 0 Å². The Labute approximate surface area is 289 Å². The number of fused-ring (bicyclic) bond motifs is 2. The molecule has 2 atom stereocenters. The fourth-order valence-corrected chi connectivity index (χ4v) is 7.00. The van der Waals surface area contributed by atoms with E-state index in [-0.39, 0.29) is 31.0 Å². The Kier molecular flexibility index (Phi) is 10.2. The van der Waals surface area contributed by atoms with Crippen LogP contribution in [0.2, 0.25) is 0 Å². The minimum absolute atomic E-state index is 0.0106. The van der Waals surface area contributed by atoms with Crippen molar-refractivity contribution in [3.63, 3.8) is 0 Å². The number of unbranched alkanes of at least 4 members (excludes halogenated alkanes) is 1. The minimum atomic E-state index is -3.97. The largest absolute Gasteiger partial charge is 0.454 e. The van der Waals surface area contributed by atoms with Crippen LogP contribution in [0.1, 0.15) is 41.3 Å². The number of nitrogens with one attached hydrogen (secondary N) is 3. The van der Waals surface area contributed by atoms with E-state index in [1.54, 1.807) is 30.5 Å². The van der Waals surface area contributed by atoms with Gasteiger partial charge in [-0.25, -0.2) is 8.42 Å². The summed E-state index contributed by atoms with van der Waals surface area (Å²) < 4.78 is 43.8. The zero-order chi connectivity index (χ0) is 35.3. The lowest BCUT2D eigenvalue weighted by Gasteiger charge is -2.29.